The molecule has 13 heavy (non-hydrogen) atoms. The molecule has 0 amide bonds. The van der Waals surface area contributed by atoms with Gasteiger partial charge in [0.05, 0.1) is 0 Å². The van der Waals surface area contributed by atoms with Gasteiger partial charge in [-0.1, -0.05) is 6.07 Å². The van der Waals surface area contributed by atoms with Crippen molar-refractivity contribution in [2.24, 2.45) is 11.7 Å². The number of hydrogen-bond acceptors (Lipinski definition) is 1. The zero-order chi connectivity index (χ0) is 9.42. The number of nitrogens with two attached hydrogens (primary N) is 1. The molecule has 70 valence electrons. The van der Waals surface area contributed by atoms with Crippen LogP contribution in [0.3, 0.4) is 0 Å². The summed E-state index contributed by atoms with van der Waals surface area (Å²) in [7, 11) is 0. The second-order valence-electron chi connectivity index (χ2n) is 3.90. The van der Waals surface area contributed by atoms with E-state index in [0.29, 0.717) is 11.8 Å². The number of hydrogen-bond donors (Lipinski definition) is 1. The first kappa shape index (κ1) is 8.70. The Labute approximate surface area is 77.8 Å². The molecule has 1 aliphatic rings. The van der Waals surface area contributed by atoms with Gasteiger partial charge in [0.15, 0.2) is 0 Å². The summed E-state index contributed by atoms with van der Waals surface area (Å²) >= 11 is 0. The third-order valence-corrected chi connectivity index (χ3v) is 2.72. The Morgan fingerprint density at radius 3 is 2.77 bits per heavy atom. The van der Waals surface area contributed by atoms with Crippen LogP contribution < -0.4 is 5.73 Å². The van der Waals surface area contributed by atoms with Crippen molar-refractivity contribution in [2.45, 2.75) is 19.3 Å². The van der Waals surface area contributed by atoms with Crippen molar-refractivity contribution in [3.05, 3.63) is 35.1 Å². The average molecular weight is 179 g/mol. The summed E-state index contributed by atoms with van der Waals surface area (Å²) in [6.07, 6.45) is 1.12. The van der Waals surface area contributed by atoms with Crippen molar-refractivity contribution >= 4 is 0 Å². The molecule has 2 heteroatoms. The van der Waals surface area contributed by atoms with Crippen LogP contribution in [-0.4, -0.2) is 6.54 Å². The normalized spacial score (nSPS) is 26.1. The minimum atomic E-state index is -0.127. The lowest BCUT2D eigenvalue weighted by atomic mass is 10.1. The minimum Gasteiger partial charge on any atom is -0.330 e. The smallest absolute Gasteiger partial charge is 0.123 e. The van der Waals surface area contributed by atoms with Gasteiger partial charge in [0.2, 0.25) is 0 Å². The van der Waals surface area contributed by atoms with E-state index in [1.807, 2.05) is 6.92 Å². The van der Waals surface area contributed by atoms with Crippen LogP contribution in [-0.2, 0) is 0 Å². The lowest BCUT2D eigenvalue weighted by Crippen LogP contribution is -2.02. The maximum absolute atomic E-state index is 13.0. The molecule has 2 rings (SSSR count). The first-order valence-corrected chi connectivity index (χ1v) is 4.68. The van der Waals surface area contributed by atoms with Gasteiger partial charge < -0.3 is 5.73 Å². The molecule has 1 aromatic carbocycles. The highest BCUT2D eigenvalue weighted by Gasteiger charge is 2.37. The molecule has 1 nitrogen and oxygen atoms in total. The highest BCUT2D eigenvalue weighted by molar-refractivity contribution is 5.30. The summed E-state index contributed by atoms with van der Waals surface area (Å²) in [5.41, 5.74) is 7.66. The van der Waals surface area contributed by atoms with Gasteiger partial charge in [0.25, 0.3) is 0 Å². The summed E-state index contributed by atoms with van der Waals surface area (Å²) in [5.74, 6) is 0.971. The molecular weight excluding hydrogens is 165 g/mol. The van der Waals surface area contributed by atoms with Gasteiger partial charge in [0.1, 0.15) is 5.82 Å². The molecule has 0 aromatic heterocycles. The third-order valence-electron chi connectivity index (χ3n) is 2.72. The van der Waals surface area contributed by atoms with Gasteiger partial charge in [-0.05, 0) is 55.0 Å². The van der Waals surface area contributed by atoms with E-state index >= 15 is 0 Å². The number of aryl methyl sites for hydroxylation is 1. The van der Waals surface area contributed by atoms with E-state index in [4.69, 9.17) is 5.73 Å². The largest absolute Gasteiger partial charge is 0.330 e. The molecule has 0 bridgehead atoms. The standard InChI is InChI=1S/C11H14FN/c1-7-2-8(4-10(12)3-7)11-5-9(11)6-13/h2-4,9,11H,5-6,13H2,1H3. The fourth-order valence-corrected chi connectivity index (χ4v) is 1.90. The highest BCUT2D eigenvalue weighted by atomic mass is 19.1. The first-order valence-electron chi connectivity index (χ1n) is 4.68. The molecule has 2 N–H and O–H groups in total. The summed E-state index contributed by atoms with van der Waals surface area (Å²) in [6.45, 7) is 2.65. The number of halogens is 1. The van der Waals surface area contributed by atoms with Crippen molar-refractivity contribution in [1.82, 2.24) is 0 Å². The highest BCUT2D eigenvalue weighted by Crippen LogP contribution is 2.46. The van der Waals surface area contributed by atoms with Gasteiger partial charge in [-0.15, -0.1) is 0 Å². The quantitative estimate of drug-likeness (QED) is 0.740. The molecule has 1 aliphatic carbocycles. The molecule has 1 fully saturated rings. The fourth-order valence-electron chi connectivity index (χ4n) is 1.90. The molecule has 1 saturated carbocycles. The molecule has 0 spiro atoms. The van der Waals surface area contributed by atoms with Crippen LogP contribution in [0.2, 0.25) is 0 Å². The predicted octanol–water partition coefficient (Wildman–Crippen LogP) is 2.20. The Morgan fingerprint density at radius 2 is 2.23 bits per heavy atom. The topological polar surface area (TPSA) is 26.0 Å². The lowest BCUT2D eigenvalue weighted by molar-refractivity contribution is 0.623. The maximum Gasteiger partial charge on any atom is 0.123 e. The van der Waals surface area contributed by atoms with E-state index in [0.717, 1.165) is 24.1 Å². The van der Waals surface area contributed by atoms with Gasteiger partial charge in [-0.25, -0.2) is 4.39 Å². The second kappa shape index (κ2) is 3.11. The summed E-state index contributed by atoms with van der Waals surface area (Å²) < 4.78 is 13.0. The Morgan fingerprint density at radius 1 is 1.46 bits per heavy atom. The van der Waals surface area contributed by atoms with Crippen LogP contribution in [0.5, 0.6) is 0 Å². The molecule has 2 unspecified atom stereocenters. The van der Waals surface area contributed by atoms with Gasteiger partial charge >= 0.3 is 0 Å². The molecule has 1 aromatic rings. The van der Waals surface area contributed by atoms with E-state index in [9.17, 15) is 4.39 Å². The van der Waals surface area contributed by atoms with E-state index < -0.39 is 0 Å². The molecule has 0 heterocycles. The second-order valence-corrected chi connectivity index (χ2v) is 3.90. The molecule has 0 saturated heterocycles. The molecular formula is C11H14FN. The van der Waals surface area contributed by atoms with Crippen LogP contribution in [0.25, 0.3) is 0 Å². The van der Waals surface area contributed by atoms with E-state index in [1.165, 1.54) is 0 Å². The monoisotopic (exact) mass is 179 g/mol. The summed E-state index contributed by atoms with van der Waals surface area (Å²) in [4.78, 5) is 0. The molecule has 2 atom stereocenters. The van der Waals surface area contributed by atoms with Crippen LogP contribution in [0, 0.1) is 18.7 Å². The van der Waals surface area contributed by atoms with Crippen LogP contribution in [0.15, 0.2) is 18.2 Å². The Kier molecular flexibility index (Phi) is 2.08. The lowest BCUT2D eigenvalue weighted by Gasteiger charge is -2.01. The predicted molar refractivity (Wildman–Crippen MR) is 51.0 cm³/mol. The van der Waals surface area contributed by atoms with Crippen LogP contribution >= 0.6 is 0 Å². The van der Waals surface area contributed by atoms with Gasteiger partial charge in [0, 0.05) is 0 Å². The SMILES string of the molecule is Cc1cc(F)cc(C2CC2CN)c1. The van der Waals surface area contributed by atoms with E-state index in [2.05, 4.69) is 6.07 Å². The van der Waals surface area contributed by atoms with Crippen LogP contribution in [0.4, 0.5) is 4.39 Å². The third kappa shape index (κ3) is 1.73. The van der Waals surface area contributed by atoms with Crippen molar-refractivity contribution in [1.29, 1.82) is 0 Å². The Hall–Kier alpha value is -0.890. The van der Waals surface area contributed by atoms with E-state index in [1.54, 1.807) is 12.1 Å². The van der Waals surface area contributed by atoms with Crippen molar-refractivity contribution in [3.8, 4) is 0 Å². The molecule has 0 aliphatic heterocycles. The van der Waals surface area contributed by atoms with Gasteiger partial charge in [-0.2, -0.15) is 0 Å². The Bertz CT molecular complexity index is 302. The number of benzene rings is 1. The van der Waals surface area contributed by atoms with Crippen molar-refractivity contribution in [2.75, 3.05) is 6.54 Å². The average Bonchev–Trinajstić information content (AvgIpc) is 2.80. The Balaban J connectivity index is 2.22. The zero-order valence-corrected chi connectivity index (χ0v) is 7.76. The number of rotatable bonds is 2. The van der Waals surface area contributed by atoms with Crippen molar-refractivity contribution in [3.63, 3.8) is 0 Å². The summed E-state index contributed by atoms with van der Waals surface area (Å²) in [6, 6.07) is 5.25. The first-order chi connectivity index (χ1) is 6.20. The minimum absolute atomic E-state index is 0.127. The van der Waals surface area contributed by atoms with Gasteiger partial charge in [-0.3, -0.25) is 0 Å². The van der Waals surface area contributed by atoms with Crippen molar-refractivity contribution < 1.29 is 4.39 Å². The summed E-state index contributed by atoms with van der Waals surface area (Å²) in [5, 5.41) is 0. The van der Waals surface area contributed by atoms with E-state index in [-0.39, 0.29) is 5.82 Å². The fraction of sp³-hybridized carbons (Fsp3) is 0.455. The zero-order valence-electron chi connectivity index (χ0n) is 7.76. The molecule has 0 radical (unpaired) electrons. The maximum atomic E-state index is 13.0. The van der Waals surface area contributed by atoms with Crippen LogP contribution in [0.1, 0.15) is 23.5 Å².